The average Bonchev–Trinajstić information content (AvgIpc) is 2.59. The van der Waals surface area contributed by atoms with Crippen molar-refractivity contribution in [3.63, 3.8) is 0 Å². The highest BCUT2D eigenvalue weighted by molar-refractivity contribution is 5.88. The third-order valence-corrected chi connectivity index (χ3v) is 4.34. The number of aliphatic hydroxyl groups is 1. The Kier molecular flexibility index (Phi) is 19.0. The number of carboxylic acid groups (broad SMARTS) is 3. The molecule has 8 heteroatoms. The summed E-state index contributed by atoms with van der Waals surface area (Å²) in [6, 6.07) is 0. The maximum atomic E-state index is 10.3. The van der Waals surface area contributed by atoms with Gasteiger partial charge < -0.3 is 26.2 Å². The molecule has 0 bridgehead atoms. The fourth-order valence-corrected chi connectivity index (χ4v) is 2.70. The molecule has 0 rings (SSSR count). The number of rotatable bonds is 17. The molecular weight excluding hydrogens is 366 g/mol. The van der Waals surface area contributed by atoms with Crippen molar-refractivity contribution in [2.45, 2.75) is 102 Å². The van der Waals surface area contributed by atoms with E-state index in [2.05, 4.69) is 6.92 Å². The van der Waals surface area contributed by atoms with Gasteiger partial charge in [0.15, 0.2) is 5.60 Å². The largest absolute Gasteiger partial charge is 0.481 e. The van der Waals surface area contributed by atoms with Crippen molar-refractivity contribution in [1.29, 1.82) is 0 Å². The Hall–Kier alpha value is -1.67. The minimum Gasteiger partial charge on any atom is -0.481 e. The summed E-state index contributed by atoms with van der Waals surface area (Å²) < 4.78 is 0. The molecule has 0 aromatic heterocycles. The molecule has 0 amide bonds. The summed E-state index contributed by atoms with van der Waals surface area (Å²) in [5.74, 6) is -5.02. The smallest absolute Gasteiger partial charge is 0.336 e. The molecule has 0 fully saturated rings. The van der Waals surface area contributed by atoms with Crippen molar-refractivity contribution < 1.29 is 34.8 Å². The van der Waals surface area contributed by atoms with E-state index in [0.717, 1.165) is 6.54 Å². The van der Waals surface area contributed by atoms with Crippen molar-refractivity contribution in [3.05, 3.63) is 0 Å². The second kappa shape index (κ2) is 18.7. The number of aliphatic carboxylic acids is 3. The first-order chi connectivity index (χ1) is 13.2. The lowest BCUT2D eigenvalue weighted by Crippen LogP contribution is -2.42. The van der Waals surface area contributed by atoms with Crippen LogP contribution >= 0.6 is 0 Å². The van der Waals surface area contributed by atoms with Gasteiger partial charge in [0.05, 0.1) is 12.8 Å². The molecule has 0 heterocycles. The lowest BCUT2D eigenvalue weighted by molar-refractivity contribution is -0.170. The van der Waals surface area contributed by atoms with Crippen LogP contribution in [0.2, 0.25) is 0 Å². The van der Waals surface area contributed by atoms with E-state index in [0.29, 0.717) is 0 Å². The van der Waals surface area contributed by atoms with Gasteiger partial charge in [-0.15, -0.1) is 0 Å². The number of carbonyl (C=O) groups is 3. The fraction of sp³-hybridized carbons (Fsp3) is 0.850. The van der Waals surface area contributed by atoms with Gasteiger partial charge in [0, 0.05) is 0 Å². The van der Waals surface area contributed by atoms with E-state index in [1.54, 1.807) is 0 Å². The molecule has 6 N–H and O–H groups in total. The van der Waals surface area contributed by atoms with E-state index in [1.807, 2.05) is 0 Å². The van der Waals surface area contributed by atoms with E-state index in [9.17, 15) is 14.4 Å². The van der Waals surface area contributed by atoms with Crippen LogP contribution in [0.1, 0.15) is 96.8 Å². The number of unbranched alkanes of at least 4 members (excludes halogenated alkanes) is 11. The predicted molar refractivity (Wildman–Crippen MR) is 107 cm³/mol. The van der Waals surface area contributed by atoms with Crippen LogP contribution in [0, 0.1) is 0 Å². The van der Waals surface area contributed by atoms with E-state index in [-0.39, 0.29) is 0 Å². The standard InChI is InChI=1S/C14H31N.C6H8O7/c1-2-3-4-5-6-7-8-9-10-11-12-13-14-15;7-3(8)1-6(13,5(11)12)2-4(9)10/h2-15H2,1H3;13H,1-2H2,(H,7,8)(H,9,10)(H,11,12). The third-order valence-electron chi connectivity index (χ3n) is 4.34. The van der Waals surface area contributed by atoms with E-state index in [4.69, 9.17) is 26.2 Å². The van der Waals surface area contributed by atoms with Crippen LogP contribution < -0.4 is 5.73 Å². The third kappa shape index (κ3) is 19.1. The van der Waals surface area contributed by atoms with Crippen LogP contribution in [0.3, 0.4) is 0 Å². The molecule has 8 nitrogen and oxygen atoms in total. The molecule has 0 aliphatic rings. The van der Waals surface area contributed by atoms with E-state index >= 15 is 0 Å². The maximum absolute atomic E-state index is 10.3. The molecule has 28 heavy (non-hydrogen) atoms. The molecule has 0 spiro atoms. The second-order valence-electron chi connectivity index (χ2n) is 7.16. The van der Waals surface area contributed by atoms with Gasteiger partial charge in [0.25, 0.3) is 0 Å². The van der Waals surface area contributed by atoms with Gasteiger partial charge in [0.2, 0.25) is 0 Å². The normalized spacial score (nSPS) is 10.8. The van der Waals surface area contributed by atoms with Crippen molar-refractivity contribution >= 4 is 17.9 Å². The summed E-state index contributed by atoms with van der Waals surface area (Å²) in [6.07, 6.45) is 14.6. The van der Waals surface area contributed by atoms with Gasteiger partial charge in [-0.3, -0.25) is 9.59 Å². The van der Waals surface area contributed by atoms with Crippen molar-refractivity contribution in [3.8, 4) is 0 Å². The quantitative estimate of drug-likeness (QED) is 0.230. The van der Waals surface area contributed by atoms with Crippen LogP contribution in [0.25, 0.3) is 0 Å². The zero-order chi connectivity index (χ0) is 21.8. The zero-order valence-corrected chi connectivity index (χ0v) is 17.2. The number of carboxylic acids is 3. The second-order valence-corrected chi connectivity index (χ2v) is 7.16. The Morgan fingerprint density at radius 3 is 1.25 bits per heavy atom. The van der Waals surface area contributed by atoms with Crippen LogP contribution in [-0.4, -0.2) is 50.5 Å². The van der Waals surface area contributed by atoms with Gasteiger partial charge in [0.1, 0.15) is 0 Å². The average molecular weight is 406 g/mol. The lowest BCUT2D eigenvalue weighted by Gasteiger charge is -2.18. The van der Waals surface area contributed by atoms with E-state index in [1.165, 1.54) is 77.0 Å². The highest BCUT2D eigenvalue weighted by Gasteiger charge is 2.40. The topological polar surface area (TPSA) is 158 Å². The Balaban J connectivity index is 0. The summed E-state index contributed by atoms with van der Waals surface area (Å²) in [7, 11) is 0. The van der Waals surface area contributed by atoms with Crippen LogP contribution in [0.15, 0.2) is 0 Å². The summed E-state index contributed by atoms with van der Waals surface area (Å²) in [4.78, 5) is 30.5. The fourth-order valence-electron chi connectivity index (χ4n) is 2.70. The molecule has 0 aliphatic carbocycles. The molecule has 0 atom stereocenters. The van der Waals surface area contributed by atoms with Crippen molar-refractivity contribution in [2.24, 2.45) is 5.73 Å². The Labute approximate surface area is 168 Å². The molecule has 0 aromatic rings. The first-order valence-electron chi connectivity index (χ1n) is 10.3. The van der Waals surface area contributed by atoms with Crippen molar-refractivity contribution in [2.75, 3.05) is 6.54 Å². The summed E-state index contributed by atoms with van der Waals surface area (Å²) in [6.45, 7) is 3.15. The molecule has 0 radical (unpaired) electrons. The molecule has 0 unspecified atom stereocenters. The van der Waals surface area contributed by atoms with Crippen LogP contribution in [0.5, 0.6) is 0 Å². The van der Waals surface area contributed by atoms with Gasteiger partial charge in [-0.1, -0.05) is 77.6 Å². The maximum Gasteiger partial charge on any atom is 0.336 e. The van der Waals surface area contributed by atoms with Crippen LogP contribution in [0.4, 0.5) is 0 Å². The van der Waals surface area contributed by atoms with Gasteiger partial charge in [-0.2, -0.15) is 0 Å². The minimum atomic E-state index is -2.74. The molecule has 0 aromatic carbocycles. The molecule has 0 saturated heterocycles. The Bertz CT molecular complexity index is 399. The highest BCUT2D eigenvalue weighted by atomic mass is 16.4. The van der Waals surface area contributed by atoms with Crippen LogP contribution in [-0.2, 0) is 14.4 Å². The molecule has 0 aliphatic heterocycles. The molecular formula is C20H39NO7. The number of hydrogen-bond donors (Lipinski definition) is 5. The summed E-state index contributed by atoms with van der Waals surface area (Å²) >= 11 is 0. The Morgan fingerprint density at radius 1 is 0.679 bits per heavy atom. The SMILES string of the molecule is CCCCCCCCCCCCCCN.O=C(O)CC(O)(CC(=O)O)C(=O)O. The van der Waals surface area contributed by atoms with Gasteiger partial charge >= 0.3 is 17.9 Å². The first-order valence-corrected chi connectivity index (χ1v) is 10.3. The predicted octanol–water partition coefficient (Wildman–Crippen LogP) is 3.40. The van der Waals surface area contributed by atoms with Crippen molar-refractivity contribution in [1.82, 2.24) is 0 Å². The minimum absolute atomic E-state index is 0.872. The molecule has 166 valence electrons. The molecule has 0 saturated carbocycles. The summed E-state index contributed by atoms with van der Waals surface area (Å²) in [5, 5.41) is 33.8. The summed E-state index contributed by atoms with van der Waals surface area (Å²) in [5.41, 5.74) is 2.71. The lowest BCUT2D eigenvalue weighted by atomic mass is 9.96. The monoisotopic (exact) mass is 405 g/mol. The first kappa shape index (κ1) is 28.5. The number of nitrogens with two attached hydrogens (primary N) is 1. The van der Waals surface area contributed by atoms with Gasteiger partial charge in [-0.25, -0.2) is 4.79 Å². The van der Waals surface area contributed by atoms with Gasteiger partial charge in [-0.05, 0) is 13.0 Å². The highest BCUT2D eigenvalue weighted by Crippen LogP contribution is 2.15. The zero-order valence-electron chi connectivity index (χ0n) is 17.2. The van der Waals surface area contributed by atoms with E-state index < -0.39 is 36.4 Å². The number of hydrogen-bond acceptors (Lipinski definition) is 5. The Morgan fingerprint density at radius 2 is 1.00 bits per heavy atom.